The number of hydrogen-bond acceptors (Lipinski definition) is 6. The van der Waals surface area contributed by atoms with Crippen LogP contribution in [0.4, 0.5) is 4.39 Å². The Morgan fingerprint density at radius 2 is 1.96 bits per heavy atom. The highest BCUT2D eigenvalue weighted by atomic mass is 19.1. The molecule has 0 fully saturated rings. The third kappa shape index (κ3) is 6.44. The molecule has 0 unspecified atom stereocenters. The Labute approximate surface area is 163 Å². The molecule has 1 amide bonds. The zero-order valence-corrected chi connectivity index (χ0v) is 16.7. The highest BCUT2D eigenvalue weighted by Crippen LogP contribution is 2.19. The molecule has 0 aliphatic rings. The molecule has 2 aromatic rings. The predicted molar refractivity (Wildman–Crippen MR) is 99.8 cm³/mol. The molecule has 0 spiro atoms. The van der Waals surface area contributed by atoms with E-state index in [0.717, 1.165) is 0 Å². The maximum Gasteiger partial charge on any atom is 0.306 e. The number of likely N-dealkylation sites (N-methyl/N-ethyl adjacent to an activating group) is 1. The molecule has 152 valence electrons. The Hall–Kier alpha value is -2.77. The van der Waals surface area contributed by atoms with Crippen LogP contribution in [0.2, 0.25) is 0 Å². The number of ether oxygens (including phenoxy) is 1. The predicted octanol–water partition coefficient (Wildman–Crippen LogP) is 3.03. The standard InChI is InChI=1S/C20H26FN3O4/c1-20(2,3)19-22-16(28-23-19)10-7-11-18(26)27-13-17(25)24(4)12-14-8-5-6-9-15(14)21/h5-6,8-9H,7,10-13H2,1-4H3. The number of rotatable bonds is 8. The third-order valence-electron chi connectivity index (χ3n) is 4.06. The van der Waals surface area contributed by atoms with Crippen LogP contribution in [0.5, 0.6) is 0 Å². The fraction of sp³-hybridized carbons (Fsp3) is 0.500. The molecule has 0 saturated carbocycles. The SMILES string of the molecule is CN(Cc1ccccc1F)C(=O)COC(=O)CCCc1nc(C(C)(C)C)no1. The van der Waals surface area contributed by atoms with Crippen LogP contribution in [0, 0.1) is 5.82 Å². The summed E-state index contributed by atoms with van der Waals surface area (Å²) in [5.74, 6) is -0.173. The minimum atomic E-state index is -0.483. The molecule has 1 heterocycles. The lowest BCUT2D eigenvalue weighted by Gasteiger charge is -2.17. The first-order valence-electron chi connectivity index (χ1n) is 9.13. The number of benzene rings is 1. The van der Waals surface area contributed by atoms with E-state index in [0.29, 0.717) is 30.1 Å². The monoisotopic (exact) mass is 391 g/mol. The van der Waals surface area contributed by atoms with Crippen LogP contribution in [0.25, 0.3) is 0 Å². The second-order valence-corrected chi connectivity index (χ2v) is 7.62. The van der Waals surface area contributed by atoms with E-state index in [2.05, 4.69) is 10.1 Å². The summed E-state index contributed by atoms with van der Waals surface area (Å²) in [6, 6.07) is 6.22. The second kappa shape index (κ2) is 9.43. The Bertz CT molecular complexity index is 814. The van der Waals surface area contributed by atoms with E-state index in [9.17, 15) is 14.0 Å². The van der Waals surface area contributed by atoms with Crippen molar-refractivity contribution in [2.24, 2.45) is 0 Å². The van der Waals surface area contributed by atoms with E-state index in [-0.39, 0.29) is 30.8 Å². The smallest absolute Gasteiger partial charge is 0.306 e. The summed E-state index contributed by atoms with van der Waals surface area (Å²) in [4.78, 5) is 29.5. The van der Waals surface area contributed by atoms with Gasteiger partial charge in [-0.1, -0.05) is 44.1 Å². The summed E-state index contributed by atoms with van der Waals surface area (Å²) in [7, 11) is 1.53. The quantitative estimate of drug-likeness (QED) is 0.643. The summed E-state index contributed by atoms with van der Waals surface area (Å²) < 4.78 is 23.8. The molecule has 7 nitrogen and oxygen atoms in total. The number of amides is 1. The molecule has 0 aliphatic heterocycles. The van der Waals surface area contributed by atoms with Crippen LogP contribution < -0.4 is 0 Å². The first-order valence-corrected chi connectivity index (χ1v) is 9.13. The summed E-state index contributed by atoms with van der Waals surface area (Å²) in [5, 5.41) is 3.93. The van der Waals surface area contributed by atoms with Gasteiger partial charge in [-0.05, 0) is 12.5 Å². The van der Waals surface area contributed by atoms with Gasteiger partial charge in [0.1, 0.15) is 5.82 Å². The molecule has 28 heavy (non-hydrogen) atoms. The van der Waals surface area contributed by atoms with E-state index < -0.39 is 11.9 Å². The van der Waals surface area contributed by atoms with Gasteiger partial charge in [0.2, 0.25) is 5.89 Å². The number of nitrogens with zero attached hydrogens (tertiary/aromatic N) is 3. The van der Waals surface area contributed by atoms with E-state index in [1.54, 1.807) is 18.2 Å². The third-order valence-corrected chi connectivity index (χ3v) is 4.06. The Morgan fingerprint density at radius 1 is 1.25 bits per heavy atom. The summed E-state index contributed by atoms with van der Waals surface area (Å²) in [6.07, 6.45) is 1.07. The van der Waals surface area contributed by atoms with E-state index in [4.69, 9.17) is 9.26 Å². The van der Waals surface area contributed by atoms with Gasteiger partial charge < -0.3 is 14.2 Å². The van der Waals surface area contributed by atoms with Crippen molar-refractivity contribution >= 4 is 11.9 Å². The molecule has 2 rings (SSSR count). The fourth-order valence-corrected chi connectivity index (χ4v) is 2.34. The van der Waals surface area contributed by atoms with Crippen molar-refractivity contribution in [3.8, 4) is 0 Å². The van der Waals surface area contributed by atoms with Crippen LogP contribution in [0.3, 0.4) is 0 Å². The summed E-state index contributed by atoms with van der Waals surface area (Å²) in [6.45, 7) is 5.69. The average Bonchev–Trinajstić information content (AvgIpc) is 3.11. The number of aromatic nitrogens is 2. The van der Waals surface area contributed by atoms with Crippen LogP contribution >= 0.6 is 0 Å². The van der Waals surface area contributed by atoms with Crippen molar-refractivity contribution in [1.29, 1.82) is 0 Å². The molecule has 0 saturated heterocycles. The molecule has 0 atom stereocenters. The summed E-state index contributed by atoms with van der Waals surface area (Å²) >= 11 is 0. The highest BCUT2D eigenvalue weighted by Gasteiger charge is 2.21. The molecule has 8 heteroatoms. The van der Waals surface area contributed by atoms with Crippen molar-refractivity contribution in [2.75, 3.05) is 13.7 Å². The van der Waals surface area contributed by atoms with Crippen molar-refractivity contribution < 1.29 is 23.2 Å². The minimum absolute atomic E-state index is 0.107. The molecular weight excluding hydrogens is 365 g/mol. The zero-order chi connectivity index (χ0) is 20.7. The Morgan fingerprint density at radius 3 is 2.61 bits per heavy atom. The number of esters is 1. The number of carbonyl (C=O) groups excluding carboxylic acids is 2. The number of hydrogen-bond donors (Lipinski definition) is 0. The van der Waals surface area contributed by atoms with Crippen molar-refractivity contribution in [1.82, 2.24) is 15.0 Å². The number of aryl methyl sites for hydroxylation is 1. The van der Waals surface area contributed by atoms with Gasteiger partial charge in [0, 0.05) is 37.4 Å². The van der Waals surface area contributed by atoms with Gasteiger partial charge in [0.15, 0.2) is 12.4 Å². The Kier molecular flexibility index (Phi) is 7.25. The van der Waals surface area contributed by atoms with Gasteiger partial charge in [-0.15, -0.1) is 0 Å². The average molecular weight is 391 g/mol. The van der Waals surface area contributed by atoms with Crippen molar-refractivity contribution in [3.05, 3.63) is 47.4 Å². The lowest BCUT2D eigenvalue weighted by atomic mass is 9.96. The Balaban J connectivity index is 1.69. The van der Waals surface area contributed by atoms with Crippen molar-refractivity contribution in [3.63, 3.8) is 0 Å². The van der Waals surface area contributed by atoms with E-state index >= 15 is 0 Å². The number of carbonyl (C=O) groups is 2. The zero-order valence-electron chi connectivity index (χ0n) is 16.7. The highest BCUT2D eigenvalue weighted by molar-refractivity contribution is 5.80. The largest absolute Gasteiger partial charge is 0.456 e. The van der Waals surface area contributed by atoms with Crippen molar-refractivity contribution in [2.45, 2.75) is 52.0 Å². The molecule has 1 aromatic carbocycles. The first kappa shape index (κ1) is 21.5. The molecule has 0 bridgehead atoms. The van der Waals surface area contributed by atoms with Gasteiger partial charge in [-0.2, -0.15) is 4.98 Å². The minimum Gasteiger partial charge on any atom is -0.456 e. The van der Waals surface area contributed by atoms with Crippen LogP contribution in [-0.4, -0.2) is 40.6 Å². The van der Waals surface area contributed by atoms with Crippen LogP contribution in [-0.2, 0) is 32.7 Å². The molecule has 0 N–H and O–H groups in total. The van der Waals surface area contributed by atoms with E-state index in [1.807, 2.05) is 20.8 Å². The second-order valence-electron chi connectivity index (χ2n) is 7.62. The van der Waals surface area contributed by atoms with Crippen LogP contribution in [0.15, 0.2) is 28.8 Å². The van der Waals surface area contributed by atoms with Gasteiger partial charge >= 0.3 is 5.97 Å². The molecular formula is C20H26FN3O4. The van der Waals surface area contributed by atoms with E-state index in [1.165, 1.54) is 18.0 Å². The van der Waals surface area contributed by atoms with Gasteiger partial charge in [-0.25, -0.2) is 4.39 Å². The fourth-order valence-electron chi connectivity index (χ4n) is 2.34. The lowest BCUT2D eigenvalue weighted by molar-refractivity contribution is -0.151. The number of halogens is 1. The van der Waals surface area contributed by atoms with Gasteiger partial charge in [0.05, 0.1) is 0 Å². The molecule has 0 aliphatic carbocycles. The molecule has 1 aromatic heterocycles. The normalized spacial score (nSPS) is 11.3. The first-order chi connectivity index (χ1) is 13.2. The lowest BCUT2D eigenvalue weighted by Crippen LogP contribution is -2.31. The molecule has 0 radical (unpaired) electrons. The maximum atomic E-state index is 13.6. The van der Waals surface area contributed by atoms with Gasteiger partial charge in [-0.3, -0.25) is 9.59 Å². The topological polar surface area (TPSA) is 85.5 Å². The van der Waals surface area contributed by atoms with Crippen LogP contribution in [0.1, 0.15) is 50.9 Å². The maximum absolute atomic E-state index is 13.6. The van der Waals surface area contributed by atoms with Gasteiger partial charge in [0.25, 0.3) is 5.91 Å². The summed E-state index contributed by atoms with van der Waals surface area (Å²) in [5.41, 5.74) is 0.203.